The molecule has 0 rings (SSSR count). The number of nitrogens with one attached hydrogen (secondary N) is 2. The smallest absolute Gasteiger partial charge is 0.0788 e. The van der Waals surface area contributed by atoms with Crippen LogP contribution in [-0.4, -0.2) is 37.4 Å². The Morgan fingerprint density at radius 2 is 1.42 bits per heavy atom. The van der Waals surface area contributed by atoms with Crippen LogP contribution >= 0.6 is 0 Å². The third-order valence-electron chi connectivity index (χ3n) is 1.61. The molecular weight excluding hydrogens is 152 g/mol. The average Bonchev–Trinajstić information content (AvgIpc) is 2.06. The predicted molar refractivity (Wildman–Crippen MR) is 52.3 cm³/mol. The Balaban J connectivity index is 3.04. The van der Waals surface area contributed by atoms with Crippen LogP contribution in [0.3, 0.4) is 0 Å². The first-order chi connectivity index (χ1) is 5.81. The minimum atomic E-state index is -0.247. The van der Waals surface area contributed by atoms with Gasteiger partial charge in [0.05, 0.1) is 6.10 Å². The van der Waals surface area contributed by atoms with Crippen LogP contribution < -0.4 is 10.6 Å². The van der Waals surface area contributed by atoms with Crippen molar-refractivity contribution >= 4 is 0 Å². The van der Waals surface area contributed by atoms with Crippen molar-refractivity contribution < 1.29 is 5.11 Å². The maximum absolute atomic E-state index is 9.38. The quantitative estimate of drug-likeness (QED) is 0.465. The Labute approximate surface area is 75.6 Å². The van der Waals surface area contributed by atoms with Gasteiger partial charge in [0, 0.05) is 13.1 Å². The van der Waals surface area contributed by atoms with Gasteiger partial charge in [-0.1, -0.05) is 13.8 Å². The molecule has 74 valence electrons. The zero-order valence-corrected chi connectivity index (χ0v) is 8.27. The topological polar surface area (TPSA) is 44.3 Å². The Morgan fingerprint density at radius 3 is 1.75 bits per heavy atom. The summed E-state index contributed by atoms with van der Waals surface area (Å²) < 4.78 is 0. The van der Waals surface area contributed by atoms with Gasteiger partial charge in [-0.25, -0.2) is 0 Å². The summed E-state index contributed by atoms with van der Waals surface area (Å²) in [7, 11) is 0. The van der Waals surface area contributed by atoms with Crippen molar-refractivity contribution in [3.8, 4) is 0 Å². The van der Waals surface area contributed by atoms with Crippen LogP contribution in [0.5, 0.6) is 0 Å². The average molecular weight is 174 g/mol. The summed E-state index contributed by atoms with van der Waals surface area (Å²) in [4.78, 5) is 0. The van der Waals surface area contributed by atoms with Gasteiger partial charge in [-0.3, -0.25) is 0 Å². The molecule has 0 aliphatic rings. The van der Waals surface area contributed by atoms with E-state index in [9.17, 15) is 5.11 Å². The fraction of sp³-hybridized carbons (Fsp3) is 1.00. The second kappa shape index (κ2) is 8.97. The lowest BCUT2D eigenvalue weighted by atomic mass is 10.3. The molecule has 0 amide bonds. The minimum Gasteiger partial charge on any atom is -0.390 e. The van der Waals surface area contributed by atoms with Crippen LogP contribution in [0.1, 0.15) is 26.7 Å². The van der Waals surface area contributed by atoms with E-state index in [0.29, 0.717) is 13.1 Å². The predicted octanol–water partition coefficient (Wildman–Crippen LogP) is 0.346. The molecule has 0 aromatic heterocycles. The van der Waals surface area contributed by atoms with Crippen molar-refractivity contribution in [3.63, 3.8) is 0 Å². The van der Waals surface area contributed by atoms with E-state index in [1.165, 1.54) is 0 Å². The number of hydrogen-bond acceptors (Lipinski definition) is 3. The Hall–Kier alpha value is -0.120. The molecule has 0 saturated carbocycles. The first kappa shape index (κ1) is 11.9. The number of aliphatic hydroxyl groups is 1. The van der Waals surface area contributed by atoms with Gasteiger partial charge in [-0.05, 0) is 25.9 Å². The zero-order valence-electron chi connectivity index (χ0n) is 8.27. The van der Waals surface area contributed by atoms with Crippen LogP contribution in [0.2, 0.25) is 0 Å². The summed E-state index contributed by atoms with van der Waals surface area (Å²) in [5, 5.41) is 15.7. The molecule has 0 radical (unpaired) electrons. The third-order valence-corrected chi connectivity index (χ3v) is 1.61. The molecule has 0 heterocycles. The van der Waals surface area contributed by atoms with Crippen molar-refractivity contribution in [1.29, 1.82) is 0 Å². The molecule has 0 aliphatic carbocycles. The number of hydrogen-bond donors (Lipinski definition) is 3. The van der Waals surface area contributed by atoms with Gasteiger partial charge in [0.25, 0.3) is 0 Å². The molecule has 0 aromatic rings. The van der Waals surface area contributed by atoms with E-state index >= 15 is 0 Å². The highest BCUT2D eigenvalue weighted by Gasteiger charge is 2.00. The van der Waals surface area contributed by atoms with Gasteiger partial charge >= 0.3 is 0 Å². The summed E-state index contributed by atoms with van der Waals surface area (Å²) in [5.74, 6) is 0. The Bertz CT molecular complexity index is 78.6. The van der Waals surface area contributed by atoms with Gasteiger partial charge in [0.2, 0.25) is 0 Å². The summed E-state index contributed by atoms with van der Waals surface area (Å²) in [6.45, 7) is 7.62. The highest BCUT2D eigenvalue weighted by Crippen LogP contribution is 1.79. The van der Waals surface area contributed by atoms with E-state index in [1.807, 2.05) is 0 Å². The molecule has 3 nitrogen and oxygen atoms in total. The van der Waals surface area contributed by atoms with E-state index in [1.54, 1.807) is 0 Å². The number of aliphatic hydroxyl groups excluding tert-OH is 1. The zero-order chi connectivity index (χ0) is 9.23. The maximum atomic E-state index is 9.38. The monoisotopic (exact) mass is 174 g/mol. The molecule has 0 spiro atoms. The molecule has 3 N–H and O–H groups in total. The fourth-order valence-corrected chi connectivity index (χ4v) is 0.963. The molecule has 0 bridgehead atoms. The Morgan fingerprint density at radius 1 is 1.00 bits per heavy atom. The second-order valence-electron chi connectivity index (χ2n) is 3.06. The van der Waals surface area contributed by atoms with Gasteiger partial charge in [-0.15, -0.1) is 0 Å². The SMILES string of the molecule is CCCNCC(O)CNCCC. The lowest BCUT2D eigenvalue weighted by Crippen LogP contribution is -2.35. The molecular formula is C9H22N2O. The summed E-state index contributed by atoms with van der Waals surface area (Å²) in [6, 6.07) is 0. The third kappa shape index (κ3) is 7.98. The van der Waals surface area contributed by atoms with E-state index in [2.05, 4.69) is 24.5 Å². The van der Waals surface area contributed by atoms with Crippen LogP contribution in [-0.2, 0) is 0 Å². The normalized spacial score (nSPS) is 11.0. The van der Waals surface area contributed by atoms with Crippen molar-refractivity contribution in [2.45, 2.75) is 32.8 Å². The fourth-order valence-electron chi connectivity index (χ4n) is 0.963. The summed E-state index contributed by atoms with van der Waals surface area (Å²) in [6.07, 6.45) is 1.99. The van der Waals surface area contributed by atoms with Crippen LogP contribution in [0.15, 0.2) is 0 Å². The molecule has 0 unspecified atom stereocenters. The van der Waals surface area contributed by atoms with Crippen molar-refractivity contribution in [1.82, 2.24) is 10.6 Å². The van der Waals surface area contributed by atoms with E-state index in [4.69, 9.17) is 0 Å². The van der Waals surface area contributed by atoms with Crippen LogP contribution in [0.25, 0.3) is 0 Å². The first-order valence-electron chi connectivity index (χ1n) is 4.90. The highest BCUT2D eigenvalue weighted by molar-refractivity contribution is 4.61. The molecule has 0 atom stereocenters. The van der Waals surface area contributed by atoms with Crippen molar-refractivity contribution in [2.75, 3.05) is 26.2 Å². The van der Waals surface area contributed by atoms with Crippen molar-refractivity contribution in [2.24, 2.45) is 0 Å². The van der Waals surface area contributed by atoms with Gasteiger partial charge in [-0.2, -0.15) is 0 Å². The molecule has 3 heteroatoms. The largest absolute Gasteiger partial charge is 0.390 e. The second-order valence-corrected chi connectivity index (χ2v) is 3.06. The van der Waals surface area contributed by atoms with Gasteiger partial charge in [0.1, 0.15) is 0 Å². The standard InChI is InChI=1S/C9H22N2O/c1-3-5-10-7-9(12)8-11-6-4-2/h9-12H,3-8H2,1-2H3. The molecule has 12 heavy (non-hydrogen) atoms. The Kier molecular flexibility index (Phi) is 8.88. The van der Waals surface area contributed by atoms with Crippen LogP contribution in [0, 0.1) is 0 Å². The number of rotatable bonds is 8. The first-order valence-corrected chi connectivity index (χ1v) is 4.90. The summed E-state index contributed by atoms with van der Waals surface area (Å²) in [5.41, 5.74) is 0. The maximum Gasteiger partial charge on any atom is 0.0788 e. The van der Waals surface area contributed by atoms with E-state index in [0.717, 1.165) is 25.9 Å². The lowest BCUT2D eigenvalue weighted by molar-refractivity contribution is 0.169. The molecule has 0 aliphatic heterocycles. The van der Waals surface area contributed by atoms with Gasteiger partial charge in [0.15, 0.2) is 0 Å². The minimum absolute atomic E-state index is 0.247. The lowest BCUT2D eigenvalue weighted by Gasteiger charge is -2.11. The molecule has 0 saturated heterocycles. The van der Waals surface area contributed by atoms with Crippen molar-refractivity contribution in [3.05, 3.63) is 0 Å². The highest BCUT2D eigenvalue weighted by atomic mass is 16.3. The van der Waals surface area contributed by atoms with Gasteiger partial charge < -0.3 is 15.7 Å². The molecule has 0 fully saturated rings. The van der Waals surface area contributed by atoms with Crippen LogP contribution in [0.4, 0.5) is 0 Å². The summed E-state index contributed by atoms with van der Waals surface area (Å²) >= 11 is 0. The van der Waals surface area contributed by atoms with E-state index < -0.39 is 0 Å². The molecule has 0 aromatic carbocycles. The van der Waals surface area contributed by atoms with E-state index in [-0.39, 0.29) is 6.10 Å².